The average Bonchev–Trinajstić information content (AvgIpc) is 2.83. The van der Waals surface area contributed by atoms with E-state index in [4.69, 9.17) is 0 Å². The van der Waals surface area contributed by atoms with Crippen LogP contribution in [0.1, 0.15) is 88.2 Å². The average molecular weight is 525 g/mol. The van der Waals surface area contributed by atoms with Crippen LogP contribution in [-0.2, 0) is 6.18 Å². The lowest BCUT2D eigenvalue weighted by Gasteiger charge is -2.29. The van der Waals surface area contributed by atoms with E-state index in [1.54, 1.807) is 0 Å². The summed E-state index contributed by atoms with van der Waals surface area (Å²) in [7, 11) is 0. The molecule has 0 amide bonds. The van der Waals surface area contributed by atoms with E-state index in [1.807, 2.05) is 0 Å². The number of alkyl halides is 3. The number of rotatable bonds is 8. The summed E-state index contributed by atoms with van der Waals surface area (Å²) in [6.07, 6.45) is 6.04. The molecule has 200 valence electrons. The standard InChI is InChI=1S/C30H31F7/c1-2-3-4-5-6-7-18-8-10-19(11-9-18)21-15-24(31)27(25(32)16-21)20-12-13-23-22(14-20)17-26(33)28(29(23)34)30(35,36)37/h12-19H,2-11H2,1H3. The summed E-state index contributed by atoms with van der Waals surface area (Å²) >= 11 is 0. The molecule has 0 aromatic heterocycles. The highest BCUT2D eigenvalue weighted by Gasteiger charge is 2.38. The fourth-order valence-electron chi connectivity index (χ4n) is 5.67. The van der Waals surface area contributed by atoms with Crippen LogP contribution in [0, 0.1) is 29.2 Å². The Kier molecular flexibility index (Phi) is 8.49. The van der Waals surface area contributed by atoms with Crippen molar-refractivity contribution >= 4 is 10.8 Å². The Hall–Kier alpha value is -2.57. The monoisotopic (exact) mass is 524 g/mol. The molecule has 1 aliphatic rings. The van der Waals surface area contributed by atoms with Crippen LogP contribution >= 0.6 is 0 Å². The van der Waals surface area contributed by atoms with Gasteiger partial charge in [-0.15, -0.1) is 0 Å². The number of fused-ring (bicyclic) bond motifs is 1. The van der Waals surface area contributed by atoms with E-state index in [0.717, 1.165) is 43.9 Å². The predicted octanol–water partition coefficient (Wildman–Crippen LogP) is 10.7. The summed E-state index contributed by atoms with van der Waals surface area (Å²) in [5.41, 5.74) is -1.76. The van der Waals surface area contributed by atoms with Crippen LogP contribution in [0.15, 0.2) is 36.4 Å². The number of halogens is 7. The van der Waals surface area contributed by atoms with Gasteiger partial charge in [0.05, 0.1) is 5.56 Å². The Bertz CT molecular complexity index is 1210. The van der Waals surface area contributed by atoms with Gasteiger partial charge < -0.3 is 0 Å². The molecule has 3 aromatic carbocycles. The Morgan fingerprint density at radius 2 is 1.41 bits per heavy atom. The van der Waals surface area contributed by atoms with E-state index in [-0.39, 0.29) is 22.4 Å². The zero-order valence-electron chi connectivity index (χ0n) is 20.8. The van der Waals surface area contributed by atoms with Crippen LogP contribution < -0.4 is 0 Å². The Labute approximate surface area is 212 Å². The fourth-order valence-corrected chi connectivity index (χ4v) is 5.67. The molecule has 0 atom stereocenters. The highest BCUT2D eigenvalue weighted by Crippen LogP contribution is 2.41. The zero-order chi connectivity index (χ0) is 26.7. The minimum Gasteiger partial charge on any atom is -0.206 e. The minimum absolute atomic E-state index is 0.000565. The van der Waals surface area contributed by atoms with Crippen molar-refractivity contribution in [3.8, 4) is 11.1 Å². The SMILES string of the molecule is CCCCCCCC1CCC(c2cc(F)c(-c3ccc4c(F)c(C(F)(F)F)c(F)cc4c3)c(F)c2)CC1. The molecule has 0 unspecified atom stereocenters. The first-order chi connectivity index (χ1) is 17.6. The zero-order valence-corrected chi connectivity index (χ0v) is 20.8. The summed E-state index contributed by atoms with van der Waals surface area (Å²) < 4.78 is 97.8. The molecule has 0 heterocycles. The number of hydrogen-bond donors (Lipinski definition) is 0. The lowest BCUT2D eigenvalue weighted by Crippen LogP contribution is -2.14. The normalized spacial score (nSPS) is 18.5. The molecule has 0 bridgehead atoms. The summed E-state index contributed by atoms with van der Waals surface area (Å²) in [5.74, 6) is -4.41. The van der Waals surface area contributed by atoms with Crippen molar-refractivity contribution in [1.29, 1.82) is 0 Å². The van der Waals surface area contributed by atoms with Crippen molar-refractivity contribution in [1.82, 2.24) is 0 Å². The van der Waals surface area contributed by atoms with Gasteiger partial charge in [0, 0.05) is 5.39 Å². The Morgan fingerprint density at radius 3 is 2.03 bits per heavy atom. The Balaban J connectivity index is 1.51. The van der Waals surface area contributed by atoms with E-state index in [1.165, 1.54) is 50.7 Å². The van der Waals surface area contributed by atoms with Crippen LogP contribution in [0.25, 0.3) is 21.9 Å². The molecule has 0 aliphatic heterocycles. The third-order valence-corrected chi connectivity index (χ3v) is 7.70. The number of benzene rings is 3. The molecular weight excluding hydrogens is 493 g/mol. The maximum absolute atomic E-state index is 15.1. The molecule has 7 heteroatoms. The lowest BCUT2D eigenvalue weighted by atomic mass is 9.76. The van der Waals surface area contributed by atoms with Gasteiger partial charge in [0.15, 0.2) is 0 Å². The molecule has 1 fully saturated rings. The molecule has 3 aromatic rings. The largest absolute Gasteiger partial charge is 0.422 e. The van der Waals surface area contributed by atoms with Crippen molar-refractivity contribution in [2.24, 2.45) is 5.92 Å². The quantitative estimate of drug-likeness (QED) is 0.203. The van der Waals surface area contributed by atoms with Gasteiger partial charge >= 0.3 is 6.18 Å². The molecule has 1 aliphatic carbocycles. The van der Waals surface area contributed by atoms with Crippen LogP contribution in [0.2, 0.25) is 0 Å². The van der Waals surface area contributed by atoms with Crippen LogP contribution in [-0.4, -0.2) is 0 Å². The molecular formula is C30H31F7. The number of unbranched alkanes of at least 4 members (excludes halogenated alkanes) is 4. The molecule has 0 N–H and O–H groups in total. The number of hydrogen-bond acceptors (Lipinski definition) is 0. The molecule has 4 rings (SSSR count). The van der Waals surface area contributed by atoms with Gasteiger partial charge in [-0.05, 0) is 78.3 Å². The molecule has 0 nitrogen and oxygen atoms in total. The van der Waals surface area contributed by atoms with E-state index in [0.29, 0.717) is 17.5 Å². The van der Waals surface area contributed by atoms with Gasteiger partial charge in [-0.1, -0.05) is 57.6 Å². The van der Waals surface area contributed by atoms with Gasteiger partial charge in [0.2, 0.25) is 0 Å². The molecule has 0 saturated heterocycles. The first-order valence-electron chi connectivity index (χ1n) is 13.1. The third-order valence-electron chi connectivity index (χ3n) is 7.70. The van der Waals surface area contributed by atoms with Crippen molar-refractivity contribution in [2.75, 3.05) is 0 Å². The summed E-state index contributed by atoms with van der Waals surface area (Å²) in [6, 6.07) is 6.41. The highest BCUT2D eigenvalue weighted by atomic mass is 19.4. The first-order valence-corrected chi connectivity index (χ1v) is 13.1. The second kappa shape index (κ2) is 11.4. The Morgan fingerprint density at radius 1 is 0.757 bits per heavy atom. The molecule has 1 saturated carbocycles. The molecule has 0 radical (unpaired) electrons. The summed E-state index contributed by atoms with van der Waals surface area (Å²) in [5, 5.41) is -0.687. The van der Waals surface area contributed by atoms with Crippen molar-refractivity contribution < 1.29 is 30.7 Å². The maximum Gasteiger partial charge on any atom is 0.422 e. The van der Waals surface area contributed by atoms with E-state index < -0.39 is 40.4 Å². The summed E-state index contributed by atoms with van der Waals surface area (Å²) in [6.45, 7) is 2.19. The van der Waals surface area contributed by atoms with Gasteiger partial charge in [-0.2, -0.15) is 13.2 Å². The van der Waals surface area contributed by atoms with Gasteiger partial charge in [0.25, 0.3) is 0 Å². The summed E-state index contributed by atoms with van der Waals surface area (Å²) in [4.78, 5) is 0. The third kappa shape index (κ3) is 6.12. The van der Waals surface area contributed by atoms with E-state index in [2.05, 4.69) is 6.92 Å². The van der Waals surface area contributed by atoms with Gasteiger partial charge in [0.1, 0.15) is 28.8 Å². The molecule has 37 heavy (non-hydrogen) atoms. The smallest absolute Gasteiger partial charge is 0.206 e. The second-order valence-corrected chi connectivity index (χ2v) is 10.3. The van der Waals surface area contributed by atoms with E-state index >= 15 is 8.78 Å². The topological polar surface area (TPSA) is 0 Å². The van der Waals surface area contributed by atoms with E-state index in [9.17, 15) is 22.0 Å². The minimum atomic E-state index is -5.21. The van der Waals surface area contributed by atoms with Crippen LogP contribution in [0.5, 0.6) is 0 Å². The van der Waals surface area contributed by atoms with Crippen LogP contribution in [0.3, 0.4) is 0 Å². The predicted molar refractivity (Wildman–Crippen MR) is 132 cm³/mol. The lowest BCUT2D eigenvalue weighted by molar-refractivity contribution is -0.142. The van der Waals surface area contributed by atoms with Gasteiger partial charge in [-0.25, -0.2) is 17.6 Å². The van der Waals surface area contributed by atoms with Gasteiger partial charge in [-0.3, -0.25) is 0 Å². The van der Waals surface area contributed by atoms with Crippen molar-refractivity contribution in [3.05, 3.63) is 70.8 Å². The second-order valence-electron chi connectivity index (χ2n) is 10.3. The first kappa shape index (κ1) is 27.5. The van der Waals surface area contributed by atoms with Crippen LogP contribution in [0.4, 0.5) is 30.7 Å². The fraction of sp³-hybridized carbons (Fsp3) is 0.467. The molecule has 0 spiro atoms. The highest BCUT2D eigenvalue weighted by molar-refractivity contribution is 5.89. The van der Waals surface area contributed by atoms with Crippen molar-refractivity contribution in [2.45, 2.75) is 83.2 Å². The van der Waals surface area contributed by atoms with Crippen molar-refractivity contribution in [3.63, 3.8) is 0 Å². The maximum atomic E-state index is 15.1.